The average Bonchev–Trinajstić information content (AvgIpc) is 2.11. The van der Waals surface area contributed by atoms with Crippen molar-refractivity contribution in [3.63, 3.8) is 0 Å². The molecular formula is C10H22INO. The highest BCUT2D eigenvalue weighted by molar-refractivity contribution is 14.1. The molecule has 3 heteroatoms. The summed E-state index contributed by atoms with van der Waals surface area (Å²) in [6, 6.07) is 0.495. The molecule has 0 saturated heterocycles. The third kappa shape index (κ3) is 10.6. The SMILES string of the molecule is COCC(C)NCCCCCCI. The normalized spacial score (nSPS) is 13.2. The first-order valence-electron chi connectivity index (χ1n) is 5.09. The maximum atomic E-state index is 5.04. The molecule has 0 amide bonds. The van der Waals surface area contributed by atoms with Crippen molar-refractivity contribution in [3.8, 4) is 0 Å². The van der Waals surface area contributed by atoms with Gasteiger partial charge in [0.05, 0.1) is 6.61 Å². The standard InChI is InChI=1S/C10H22INO/c1-10(9-13-2)12-8-6-4-3-5-7-11/h10,12H,3-9H2,1-2H3. The van der Waals surface area contributed by atoms with Crippen LogP contribution in [0.4, 0.5) is 0 Å². The van der Waals surface area contributed by atoms with Crippen LogP contribution in [0, 0.1) is 0 Å². The summed E-state index contributed by atoms with van der Waals surface area (Å²) in [5.74, 6) is 0. The topological polar surface area (TPSA) is 21.3 Å². The van der Waals surface area contributed by atoms with Gasteiger partial charge in [-0.3, -0.25) is 0 Å². The molecule has 0 bridgehead atoms. The number of hydrogen-bond acceptors (Lipinski definition) is 2. The Morgan fingerprint density at radius 1 is 1.23 bits per heavy atom. The van der Waals surface area contributed by atoms with Crippen molar-refractivity contribution >= 4 is 22.6 Å². The molecule has 1 unspecified atom stereocenters. The fraction of sp³-hybridized carbons (Fsp3) is 1.00. The lowest BCUT2D eigenvalue weighted by Crippen LogP contribution is -2.30. The smallest absolute Gasteiger partial charge is 0.0613 e. The predicted molar refractivity (Wildman–Crippen MR) is 66.7 cm³/mol. The largest absolute Gasteiger partial charge is 0.383 e. The van der Waals surface area contributed by atoms with Crippen LogP contribution < -0.4 is 5.32 Å². The Hall–Kier alpha value is 0.650. The molecule has 0 radical (unpaired) electrons. The van der Waals surface area contributed by atoms with E-state index in [0.717, 1.165) is 13.2 Å². The van der Waals surface area contributed by atoms with E-state index in [9.17, 15) is 0 Å². The molecule has 0 rings (SSSR count). The molecule has 0 aliphatic heterocycles. The summed E-state index contributed by atoms with van der Waals surface area (Å²) in [4.78, 5) is 0. The van der Waals surface area contributed by atoms with E-state index in [4.69, 9.17) is 4.74 Å². The van der Waals surface area contributed by atoms with Gasteiger partial charge >= 0.3 is 0 Å². The van der Waals surface area contributed by atoms with Gasteiger partial charge in [-0.05, 0) is 30.7 Å². The van der Waals surface area contributed by atoms with Gasteiger partial charge in [0.15, 0.2) is 0 Å². The summed E-state index contributed by atoms with van der Waals surface area (Å²) in [7, 11) is 1.75. The molecule has 0 aromatic rings. The zero-order valence-electron chi connectivity index (χ0n) is 8.81. The number of alkyl halides is 1. The molecular weight excluding hydrogens is 277 g/mol. The lowest BCUT2D eigenvalue weighted by Gasteiger charge is -2.11. The van der Waals surface area contributed by atoms with Crippen molar-refractivity contribution in [2.45, 2.75) is 38.6 Å². The Labute approximate surface area is 95.9 Å². The second-order valence-corrected chi connectivity index (χ2v) is 4.49. The van der Waals surface area contributed by atoms with E-state index in [-0.39, 0.29) is 0 Å². The minimum atomic E-state index is 0.495. The van der Waals surface area contributed by atoms with Gasteiger partial charge < -0.3 is 10.1 Å². The molecule has 0 aliphatic rings. The second-order valence-electron chi connectivity index (χ2n) is 3.41. The minimum absolute atomic E-state index is 0.495. The van der Waals surface area contributed by atoms with E-state index in [1.165, 1.54) is 30.1 Å². The van der Waals surface area contributed by atoms with Gasteiger partial charge in [-0.1, -0.05) is 35.4 Å². The molecule has 13 heavy (non-hydrogen) atoms. The van der Waals surface area contributed by atoms with Crippen molar-refractivity contribution < 1.29 is 4.74 Å². The van der Waals surface area contributed by atoms with Gasteiger partial charge in [0.25, 0.3) is 0 Å². The van der Waals surface area contributed by atoms with Crippen LogP contribution in [0.25, 0.3) is 0 Å². The van der Waals surface area contributed by atoms with Crippen molar-refractivity contribution in [2.75, 3.05) is 24.7 Å². The molecule has 0 aromatic carbocycles. The highest BCUT2D eigenvalue weighted by Gasteiger charge is 1.98. The number of nitrogens with one attached hydrogen (secondary N) is 1. The first kappa shape index (κ1) is 13.7. The van der Waals surface area contributed by atoms with E-state index >= 15 is 0 Å². The molecule has 0 fully saturated rings. The van der Waals surface area contributed by atoms with Crippen LogP contribution in [0.3, 0.4) is 0 Å². The van der Waals surface area contributed by atoms with Gasteiger partial charge in [0.1, 0.15) is 0 Å². The fourth-order valence-electron chi connectivity index (χ4n) is 1.23. The summed E-state index contributed by atoms with van der Waals surface area (Å²) in [6.45, 7) is 4.11. The molecule has 1 atom stereocenters. The van der Waals surface area contributed by atoms with Gasteiger partial charge in [-0.15, -0.1) is 0 Å². The summed E-state index contributed by atoms with van der Waals surface area (Å²) in [5.41, 5.74) is 0. The van der Waals surface area contributed by atoms with Crippen LogP contribution in [-0.2, 0) is 4.74 Å². The number of rotatable bonds is 9. The maximum absolute atomic E-state index is 5.04. The molecule has 0 heterocycles. The molecule has 2 nitrogen and oxygen atoms in total. The van der Waals surface area contributed by atoms with Crippen LogP contribution in [0.1, 0.15) is 32.6 Å². The Bertz CT molecular complexity index is 101. The van der Waals surface area contributed by atoms with Crippen LogP contribution in [0.5, 0.6) is 0 Å². The van der Waals surface area contributed by atoms with Crippen LogP contribution in [-0.4, -0.2) is 30.7 Å². The Balaban J connectivity index is 2.97. The van der Waals surface area contributed by atoms with Gasteiger partial charge in [-0.2, -0.15) is 0 Å². The van der Waals surface area contributed by atoms with E-state index in [1.54, 1.807) is 7.11 Å². The average molecular weight is 299 g/mol. The highest BCUT2D eigenvalue weighted by Crippen LogP contribution is 2.01. The quantitative estimate of drug-likeness (QED) is 0.401. The van der Waals surface area contributed by atoms with Crippen LogP contribution >= 0.6 is 22.6 Å². The number of ether oxygens (including phenoxy) is 1. The zero-order chi connectivity index (χ0) is 9.94. The van der Waals surface area contributed by atoms with Gasteiger partial charge in [0.2, 0.25) is 0 Å². The Morgan fingerprint density at radius 2 is 1.92 bits per heavy atom. The zero-order valence-corrected chi connectivity index (χ0v) is 11.0. The predicted octanol–water partition coefficient (Wildman–Crippen LogP) is 2.61. The molecule has 80 valence electrons. The molecule has 0 aliphatic carbocycles. The first-order chi connectivity index (χ1) is 6.31. The lowest BCUT2D eigenvalue weighted by molar-refractivity contribution is 0.172. The summed E-state index contributed by atoms with van der Waals surface area (Å²) in [6.07, 6.45) is 5.40. The molecule has 0 spiro atoms. The first-order valence-corrected chi connectivity index (χ1v) is 6.62. The number of halogens is 1. The molecule has 1 N–H and O–H groups in total. The minimum Gasteiger partial charge on any atom is -0.383 e. The van der Waals surface area contributed by atoms with Crippen molar-refractivity contribution in [1.29, 1.82) is 0 Å². The van der Waals surface area contributed by atoms with Crippen LogP contribution in [0.15, 0.2) is 0 Å². The van der Waals surface area contributed by atoms with Gasteiger partial charge in [-0.25, -0.2) is 0 Å². The summed E-state index contributed by atoms with van der Waals surface area (Å²) < 4.78 is 6.33. The fourth-order valence-corrected chi connectivity index (χ4v) is 1.77. The van der Waals surface area contributed by atoms with Crippen molar-refractivity contribution in [1.82, 2.24) is 5.32 Å². The van der Waals surface area contributed by atoms with Gasteiger partial charge in [0, 0.05) is 13.2 Å². The second kappa shape index (κ2) is 10.7. The molecule has 0 saturated carbocycles. The van der Waals surface area contributed by atoms with E-state index in [0.29, 0.717) is 6.04 Å². The van der Waals surface area contributed by atoms with Crippen molar-refractivity contribution in [2.24, 2.45) is 0 Å². The monoisotopic (exact) mass is 299 g/mol. The molecule has 0 aromatic heterocycles. The third-order valence-corrected chi connectivity index (χ3v) is 2.73. The maximum Gasteiger partial charge on any atom is 0.0613 e. The van der Waals surface area contributed by atoms with Crippen LogP contribution in [0.2, 0.25) is 0 Å². The Morgan fingerprint density at radius 3 is 2.54 bits per heavy atom. The highest BCUT2D eigenvalue weighted by atomic mass is 127. The number of methoxy groups -OCH3 is 1. The number of hydrogen-bond donors (Lipinski definition) is 1. The Kier molecular flexibility index (Phi) is 11.3. The summed E-state index contributed by atoms with van der Waals surface area (Å²) >= 11 is 2.44. The van der Waals surface area contributed by atoms with E-state index in [2.05, 4.69) is 34.8 Å². The summed E-state index contributed by atoms with van der Waals surface area (Å²) in [5, 5.41) is 3.43. The van der Waals surface area contributed by atoms with E-state index in [1.807, 2.05) is 0 Å². The third-order valence-electron chi connectivity index (χ3n) is 1.97. The number of unbranched alkanes of at least 4 members (excludes halogenated alkanes) is 3. The van der Waals surface area contributed by atoms with E-state index < -0.39 is 0 Å². The lowest BCUT2D eigenvalue weighted by atomic mass is 10.2. The van der Waals surface area contributed by atoms with Crippen molar-refractivity contribution in [3.05, 3.63) is 0 Å².